The predicted octanol–water partition coefficient (Wildman–Crippen LogP) is 6.58. The Balaban J connectivity index is 1.70. The molecule has 0 unspecified atom stereocenters. The van der Waals surface area contributed by atoms with Gasteiger partial charge in [-0.3, -0.25) is 0 Å². The zero-order valence-electron chi connectivity index (χ0n) is 18.3. The number of halogens is 2. The molecule has 0 bridgehead atoms. The van der Waals surface area contributed by atoms with E-state index >= 15 is 0 Å². The number of aromatic nitrogens is 2. The first-order valence-corrected chi connectivity index (χ1v) is 11.0. The summed E-state index contributed by atoms with van der Waals surface area (Å²) < 4.78 is 35.7. The molecular weight excluding hydrogens is 430 g/mol. The molecule has 0 saturated heterocycles. The molecule has 0 fully saturated rings. The third-order valence-electron chi connectivity index (χ3n) is 5.93. The van der Waals surface area contributed by atoms with E-state index in [4.69, 9.17) is 4.74 Å². The summed E-state index contributed by atoms with van der Waals surface area (Å²) in [5, 5.41) is 0. The molecule has 0 radical (unpaired) electrons. The Kier molecular flexibility index (Phi) is 5.91. The molecule has 5 aromatic rings. The van der Waals surface area contributed by atoms with E-state index in [1.807, 2.05) is 65.4 Å². The molecule has 5 rings (SSSR count). The quantitative estimate of drug-likeness (QED) is 0.261. The van der Waals surface area contributed by atoms with Crippen molar-refractivity contribution in [2.45, 2.75) is 12.1 Å². The van der Waals surface area contributed by atoms with Crippen LogP contribution in [0.2, 0.25) is 0 Å². The lowest BCUT2D eigenvalue weighted by atomic mass is 9.76. The van der Waals surface area contributed by atoms with Crippen LogP contribution in [-0.2, 0) is 12.1 Å². The second-order valence-electron chi connectivity index (χ2n) is 7.86. The van der Waals surface area contributed by atoms with E-state index in [2.05, 4.69) is 41.4 Å². The maximum atomic E-state index is 14.2. The van der Waals surface area contributed by atoms with Gasteiger partial charge in [0, 0.05) is 12.4 Å². The molecule has 0 aliphatic heterocycles. The Morgan fingerprint density at radius 3 is 1.74 bits per heavy atom. The normalized spacial score (nSPS) is 11.4. The fraction of sp³-hybridized carbons (Fsp3) is 0.0690. The van der Waals surface area contributed by atoms with Crippen LogP contribution in [0.5, 0.6) is 5.75 Å². The molecule has 5 heteroatoms. The highest BCUT2D eigenvalue weighted by Gasteiger charge is 2.39. The number of ether oxygens (including phenoxy) is 1. The molecule has 1 aromatic heterocycles. The van der Waals surface area contributed by atoms with E-state index in [1.165, 1.54) is 12.1 Å². The average molecular weight is 453 g/mol. The average Bonchev–Trinajstić information content (AvgIpc) is 3.36. The molecule has 0 amide bonds. The van der Waals surface area contributed by atoms with Gasteiger partial charge in [-0.25, -0.2) is 9.37 Å². The highest BCUT2D eigenvalue weighted by molar-refractivity contribution is 5.51. The summed E-state index contributed by atoms with van der Waals surface area (Å²) >= 11 is 0. The Labute approximate surface area is 196 Å². The molecule has 3 nitrogen and oxygen atoms in total. The summed E-state index contributed by atoms with van der Waals surface area (Å²) in [5.74, 6) is -1.55. The lowest BCUT2D eigenvalue weighted by molar-refractivity contribution is 0.265. The van der Waals surface area contributed by atoms with Crippen molar-refractivity contribution >= 4 is 0 Å². The summed E-state index contributed by atoms with van der Waals surface area (Å²) in [6.07, 6.45) is 3.60. The lowest BCUT2D eigenvalue weighted by Crippen LogP contribution is -2.38. The Bertz CT molecular complexity index is 1270. The van der Waals surface area contributed by atoms with Crippen molar-refractivity contribution in [2.75, 3.05) is 0 Å². The number of hydrogen-bond donors (Lipinski definition) is 0. The van der Waals surface area contributed by atoms with Crippen molar-refractivity contribution in [3.05, 3.63) is 156 Å². The van der Waals surface area contributed by atoms with Gasteiger partial charge >= 0.3 is 0 Å². The highest BCUT2D eigenvalue weighted by Crippen LogP contribution is 2.41. The Morgan fingerprint density at radius 1 is 0.676 bits per heavy atom. The van der Waals surface area contributed by atoms with Crippen LogP contribution in [0.3, 0.4) is 0 Å². The molecule has 0 spiro atoms. The number of rotatable bonds is 7. The predicted molar refractivity (Wildman–Crippen MR) is 128 cm³/mol. The van der Waals surface area contributed by atoms with Gasteiger partial charge in [0.15, 0.2) is 11.6 Å². The number of imidazole rings is 1. The second kappa shape index (κ2) is 9.32. The molecular formula is C29H22F2N2O. The third-order valence-corrected chi connectivity index (χ3v) is 5.93. The van der Waals surface area contributed by atoms with E-state index in [-0.39, 0.29) is 12.4 Å². The van der Waals surface area contributed by atoms with Crippen molar-refractivity contribution in [1.82, 2.24) is 9.55 Å². The van der Waals surface area contributed by atoms with E-state index in [9.17, 15) is 8.78 Å². The van der Waals surface area contributed by atoms with Gasteiger partial charge in [0.1, 0.15) is 18.0 Å². The van der Waals surface area contributed by atoms with Crippen LogP contribution < -0.4 is 4.74 Å². The van der Waals surface area contributed by atoms with Gasteiger partial charge in [0.2, 0.25) is 5.82 Å². The Morgan fingerprint density at radius 2 is 1.21 bits per heavy atom. The largest absolute Gasteiger partial charge is 0.482 e. The van der Waals surface area contributed by atoms with Crippen molar-refractivity contribution in [2.24, 2.45) is 0 Å². The third kappa shape index (κ3) is 3.75. The fourth-order valence-corrected chi connectivity index (χ4v) is 4.44. The minimum Gasteiger partial charge on any atom is -0.482 e. The summed E-state index contributed by atoms with van der Waals surface area (Å²) in [5.41, 5.74) is 2.33. The maximum Gasteiger partial charge on any atom is 0.200 e. The van der Waals surface area contributed by atoms with Gasteiger partial charge in [-0.05, 0) is 28.8 Å². The van der Waals surface area contributed by atoms with Gasteiger partial charge < -0.3 is 9.30 Å². The monoisotopic (exact) mass is 452 g/mol. The fourth-order valence-electron chi connectivity index (χ4n) is 4.44. The van der Waals surface area contributed by atoms with Crippen molar-refractivity contribution in [3.63, 3.8) is 0 Å². The van der Waals surface area contributed by atoms with Gasteiger partial charge in [-0.2, -0.15) is 4.39 Å². The highest BCUT2D eigenvalue weighted by atomic mass is 19.2. The van der Waals surface area contributed by atoms with E-state index < -0.39 is 17.2 Å². The van der Waals surface area contributed by atoms with Crippen LogP contribution in [0.25, 0.3) is 0 Å². The van der Waals surface area contributed by atoms with Crippen LogP contribution in [0.4, 0.5) is 8.78 Å². The first kappa shape index (κ1) is 21.6. The molecule has 0 N–H and O–H groups in total. The van der Waals surface area contributed by atoms with Gasteiger partial charge in [-0.15, -0.1) is 0 Å². The number of hydrogen-bond acceptors (Lipinski definition) is 2. The van der Waals surface area contributed by atoms with Gasteiger partial charge in [0.25, 0.3) is 0 Å². The van der Waals surface area contributed by atoms with Crippen molar-refractivity contribution in [1.29, 1.82) is 0 Å². The second-order valence-corrected chi connectivity index (χ2v) is 7.86. The van der Waals surface area contributed by atoms with Crippen LogP contribution in [0.15, 0.2) is 122 Å². The molecule has 0 aliphatic carbocycles. The first-order chi connectivity index (χ1) is 16.7. The Hall–Kier alpha value is -4.25. The molecule has 0 saturated carbocycles. The van der Waals surface area contributed by atoms with Crippen molar-refractivity contribution < 1.29 is 13.5 Å². The van der Waals surface area contributed by atoms with Crippen LogP contribution in [0.1, 0.15) is 22.5 Å². The van der Waals surface area contributed by atoms with Crippen LogP contribution in [-0.4, -0.2) is 9.55 Å². The summed E-state index contributed by atoms with van der Waals surface area (Å²) in [6.45, 7) is -0.0401. The molecule has 0 aliphatic rings. The van der Waals surface area contributed by atoms with E-state index in [1.54, 1.807) is 6.20 Å². The van der Waals surface area contributed by atoms with Crippen LogP contribution in [0, 0.1) is 11.6 Å². The van der Waals surface area contributed by atoms with Crippen molar-refractivity contribution in [3.8, 4) is 5.75 Å². The maximum absolute atomic E-state index is 14.2. The van der Waals surface area contributed by atoms with Gasteiger partial charge in [0.05, 0.1) is 0 Å². The van der Waals surface area contributed by atoms with E-state index in [0.717, 1.165) is 22.8 Å². The number of benzene rings is 4. The van der Waals surface area contributed by atoms with Crippen LogP contribution >= 0.6 is 0 Å². The molecule has 4 aromatic carbocycles. The molecule has 34 heavy (non-hydrogen) atoms. The zero-order chi connectivity index (χ0) is 23.4. The minimum atomic E-state index is -1.01. The summed E-state index contributed by atoms with van der Waals surface area (Å²) in [7, 11) is 0. The minimum absolute atomic E-state index is 0.0401. The van der Waals surface area contributed by atoms with E-state index in [0.29, 0.717) is 5.82 Å². The zero-order valence-corrected chi connectivity index (χ0v) is 18.3. The molecule has 1 heterocycles. The summed E-state index contributed by atoms with van der Waals surface area (Å²) in [6, 6.07) is 34.3. The standard InChI is InChI=1S/C29H22F2N2O/c30-25-17-10-18-26(28(25)31)34-21-27-32-19-20-33(27)29(22-11-4-1-5-12-22,23-13-6-2-7-14-23)24-15-8-3-9-16-24/h1-20H,21H2. The van der Waals surface area contributed by atoms with Gasteiger partial charge in [-0.1, -0.05) is 97.1 Å². The smallest absolute Gasteiger partial charge is 0.200 e. The lowest BCUT2D eigenvalue weighted by Gasteiger charge is -2.38. The summed E-state index contributed by atoms with van der Waals surface area (Å²) in [4.78, 5) is 4.55. The first-order valence-electron chi connectivity index (χ1n) is 11.0. The SMILES string of the molecule is Fc1cccc(OCc2nccn2C(c2ccccc2)(c2ccccc2)c2ccccc2)c1F. The topological polar surface area (TPSA) is 27.1 Å². The number of nitrogens with zero attached hydrogens (tertiary/aromatic N) is 2. The molecule has 0 atom stereocenters. The molecule has 168 valence electrons.